The second-order valence-corrected chi connectivity index (χ2v) is 4.81. The second kappa shape index (κ2) is 5.45. The topological polar surface area (TPSA) is 91.5 Å². The Morgan fingerprint density at radius 2 is 2.33 bits per heavy atom. The fourth-order valence-corrected chi connectivity index (χ4v) is 1.70. The molecule has 1 fully saturated rings. The molecule has 0 aliphatic heterocycles. The zero-order valence-corrected chi connectivity index (χ0v) is 10.6. The lowest BCUT2D eigenvalue weighted by Gasteiger charge is -2.16. The minimum Gasteiger partial charge on any atom is -0.408 e. The Balaban J connectivity index is 1.78. The molecular weight excluding hydrogens is 236 g/mol. The summed E-state index contributed by atoms with van der Waals surface area (Å²) in [6.45, 7) is 2.28. The third-order valence-electron chi connectivity index (χ3n) is 2.60. The van der Waals surface area contributed by atoms with Crippen molar-refractivity contribution in [3.63, 3.8) is 0 Å². The molecule has 1 aromatic rings. The van der Waals surface area contributed by atoms with Crippen molar-refractivity contribution >= 4 is 11.9 Å². The molecule has 0 radical (unpaired) electrons. The number of likely N-dealkylation sites (N-methyl/N-ethyl adjacent to an activating group) is 1. The normalized spacial score (nSPS) is 16.9. The molecule has 0 saturated heterocycles. The lowest BCUT2D eigenvalue weighted by atomic mass is 10.3. The fourth-order valence-electron chi connectivity index (χ4n) is 1.70. The van der Waals surface area contributed by atoms with Gasteiger partial charge in [0.25, 0.3) is 0 Å². The third-order valence-corrected chi connectivity index (χ3v) is 2.60. The molecule has 7 heteroatoms. The minimum atomic E-state index is -0.465. The largest absolute Gasteiger partial charge is 0.408 e. The first-order chi connectivity index (χ1) is 8.54. The van der Waals surface area contributed by atoms with Crippen molar-refractivity contribution in [2.45, 2.75) is 31.8 Å². The Hall–Kier alpha value is -1.47. The predicted octanol–water partition coefficient (Wildman–Crippen LogP) is 0.198. The van der Waals surface area contributed by atoms with Crippen molar-refractivity contribution in [3.05, 3.63) is 5.89 Å². The predicted molar refractivity (Wildman–Crippen MR) is 64.1 cm³/mol. The van der Waals surface area contributed by atoms with Crippen LogP contribution in [0.5, 0.6) is 0 Å². The molecule has 1 aliphatic rings. The van der Waals surface area contributed by atoms with Gasteiger partial charge >= 0.3 is 6.01 Å². The summed E-state index contributed by atoms with van der Waals surface area (Å²) in [6.07, 6.45) is 1.69. The Labute approximate surface area is 105 Å². The number of carbonyl (C=O) groups excluding carboxylic acids is 1. The van der Waals surface area contributed by atoms with Crippen LogP contribution in [0.1, 0.15) is 31.6 Å². The molecule has 1 unspecified atom stereocenters. The standard InChI is InChI=1S/C11H18N4O3/c1-7(16)5-15(2)6-9(17)12-11-14-13-10(18-11)8-3-4-8/h7-8,16H,3-6H2,1-2H3,(H,12,14,17). The van der Waals surface area contributed by atoms with E-state index in [-0.39, 0.29) is 18.5 Å². The summed E-state index contributed by atoms with van der Waals surface area (Å²) >= 11 is 0. The number of anilines is 1. The third kappa shape index (κ3) is 3.78. The van der Waals surface area contributed by atoms with Gasteiger partial charge < -0.3 is 9.52 Å². The van der Waals surface area contributed by atoms with Crippen molar-refractivity contribution in [2.75, 3.05) is 25.5 Å². The average Bonchev–Trinajstić information content (AvgIpc) is 2.99. The van der Waals surface area contributed by atoms with Crippen LogP contribution < -0.4 is 5.32 Å². The first kappa shape index (κ1) is 13.0. The number of amides is 1. The highest BCUT2D eigenvalue weighted by Gasteiger charge is 2.29. The number of rotatable bonds is 6. The van der Waals surface area contributed by atoms with Crippen LogP contribution >= 0.6 is 0 Å². The van der Waals surface area contributed by atoms with E-state index in [0.29, 0.717) is 18.4 Å². The van der Waals surface area contributed by atoms with Gasteiger partial charge in [-0.3, -0.25) is 15.0 Å². The molecule has 1 saturated carbocycles. The van der Waals surface area contributed by atoms with Crippen molar-refractivity contribution < 1.29 is 14.3 Å². The van der Waals surface area contributed by atoms with E-state index in [2.05, 4.69) is 15.5 Å². The lowest BCUT2D eigenvalue weighted by Crippen LogP contribution is -2.34. The van der Waals surface area contributed by atoms with E-state index in [4.69, 9.17) is 4.42 Å². The van der Waals surface area contributed by atoms with E-state index in [1.165, 1.54) is 0 Å². The number of hydrogen-bond donors (Lipinski definition) is 2. The average molecular weight is 254 g/mol. The monoisotopic (exact) mass is 254 g/mol. The van der Waals surface area contributed by atoms with Crippen LogP contribution in [0.4, 0.5) is 6.01 Å². The van der Waals surface area contributed by atoms with Crippen LogP contribution in [-0.2, 0) is 4.79 Å². The van der Waals surface area contributed by atoms with Crippen LogP contribution in [0.25, 0.3) is 0 Å². The first-order valence-corrected chi connectivity index (χ1v) is 6.04. The highest BCUT2D eigenvalue weighted by molar-refractivity contribution is 5.90. The first-order valence-electron chi connectivity index (χ1n) is 6.04. The van der Waals surface area contributed by atoms with Crippen LogP contribution in [0.2, 0.25) is 0 Å². The summed E-state index contributed by atoms with van der Waals surface area (Å²) < 4.78 is 5.32. The van der Waals surface area contributed by atoms with Crippen LogP contribution in [0.15, 0.2) is 4.42 Å². The number of nitrogens with zero attached hydrogens (tertiary/aromatic N) is 3. The van der Waals surface area contributed by atoms with Gasteiger partial charge in [-0.1, -0.05) is 5.10 Å². The number of carbonyl (C=O) groups is 1. The van der Waals surface area contributed by atoms with E-state index in [9.17, 15) is 9.90 Å². The summed E-state index contributed by atoms with van der Waals surface area (Å²) in [5.74, 6) is 0.743. The maximum Gasteiger partial charge on any atom is 0.322 e. The molecule has 1 heterocycles. The van der Waals surface area contributed by atoms with Gasteiger partial charge in [0.1, 0.15) is 0 Å². The molecule has 2 rings (SSSR count). The summed E-state index contributed by atoms with van der Waals surface area (Å²) in [5, 5.41) is 19.4. The van der Waals surface area contributed by atoms with Crippen LogP contribution in [0, 0.1) is 0 Å². The molecule has 18 heavy (non-hydrogen) atoms. The highest BCUT2D eigenvalue weighted by Crippen LogP contribution is 2.39. The molecule has 0 aromatic carbocycles. The number of aliphatic hydroxyl groups is 1. The number of aromatic nitrogens is 2. The zero-order valence-electron chi connectivity index (χ0n) is 10.6. The van der Waals surface area contributed by atoms with E-state index in [1.807, 2.05) is 0 Å². The van der Waals surface area contributed by atoms with E-state index < -0.39 is 6.10 Å². The van der Waals surface area contributed by atoms with Gasteiger partial charge in [-0.2, -0.15) is 0 Å². The molecule has 0 spiro atoms. The molecule has 0 bridgehead atoms. The number of aliphatic hydroxyl groups excluding tert-OH is 1. The van der Waals surface area contributed by atoms with Crippen LogP contribution in [-0.4, -0.2) is 52.4 Å². The van der Waals surface area contributed by atoms with Gasteiger partial charge in [0.15, 0.2) is 0 Å². The zero-order chi connectivity index (χ0) is 13.1. The molecular formula is C11H18N4O3. The summed E-state index contributed by atoms with van der Waals surface area (Å²) in [7, 11) is 1.76. The Morgan fingerprint density at radius 1 is 1.61 bits per heavy atom. The fraction of sp³-hybridized carbons (Fsp3) is 0.727. The van der Waals surface area contributed by atoms with Gasteiger partial charge in [-0.25, -0.2) is 0 Å². The van der Waals surface area contributed by atoms with Gasteiger partial charge in [-0.05, 0) is 26.8 Å². The SMILES string of the molecule is CC(O)CN(C)CC(=O)Nc1nnc(C2CC2)o1. The van der Waals surface area contributed by atoms with E-state index >= 15 is 0 Å². The molecule has 1 aliphatic carbocycles. The van der Waals surface area contributed by atoms with E-state index in [1.54, 1.807) is 18.9 Å². The maximum absolute atomic E-state index is 11.6. The van der Waals surface area contributed by atoms with Crippen molar-refractivity contribution in [1.82, 2.24) is 15.1 Å². The highest BCUT2D eigenvalue weighted by atomic mass is 16.4. The second-order valence-electron chi connectivity index (χ2n) is 4.81. The number of hydrogen-bond acceptors (Lipinski definition) is 6. The number of nitrogens with one attached hydrogen (secondary N) is 1. The minimum absolute atomic E-state index is 0.146. The summed E-state index contributed by atoms with van der Waals surface area (Å²) in [5.41, 5.74) is 0. The van der Waals surface area contributed by atoms with Gasteiger partial charge in [0.2, 0.25) is 11.8 Å². The molecule has 1 aromatic heterocycles. The van der Waals surface area contributed by atoms with E-state index in [0.717, 1.165) is 12.8 Å². The summed E-state index contributed by atoms with van der Waals surface area (Å²) in [6, 6.07) is 0.146. The van der Waals surface area contributed by atoms with Crippen molar-refractivity contribution in [3.8, 4) is 0 Å². The van der Waals surface area contributed by atoms with Gasteiger partial charge in [-0.15, -0.1) is 5.10 Å². The maximum atomic E-state index is 11.6. The Morgan fingerprint density at radius 3 is 2.94 bits per heavy atom. The van der Waals surface area contributed by atoms with Crippen molar-refractivity contribution in [1.29, 1.82) is 0 Å². The van der Waals surface area contributed by atoms with Gasteiger partial charge in [0.05, 0.1) is 12.6 Å². The summed E-state index contributed by atoms with van der Waals surface area (Å²) in [4.78, 5) is 13.4. The van der Waals surface area contributed by atoms with Crippen LogP contribution in [0.3, 0.4) is 0 Å². The van der Waals surface area contributed by atoms with Gasteiger partial charge in [0, 0.05) is 12.5 Å². The molecule has 1 atom stereocenters. The Bertz CT molecular complexity index is 414. The molecule has 7 nitrogen and oxygen atoms in total. The molecule has 100 valence electrons. The Kier molecular flexibility index (Phi) is 3.93. The lowest BCUT2D eigenvalue weighted by molar-refractivity contribution is -0.117. The molecule has 1 amide bonds. The smallest absolute Gasteiger partial charge is 0.322 e. The van der Waals surface area contributed by atoms with Crippen molar-refractivity contribution in [2.24, 2.45) is 0 Å². The quantitative estimate of drug-likeness (QED) is 0.753. The molecule has 2 N–H and O–H groups in total.